The Labute approximate surface area is 160 Å². The Balaban J connectivity index is 2.24. The van der Waals surface area contributed by atoms with Crippen LogP contribution >= 0.6 is 0 Å². The van der Waals surface area contributed by atoms with Gasteiger partial charge in [-0.2, -0.15) is 4.31 Å². The average molecular weight is 397 g/mol. The fourth-order valence-electron chi connectivity index (χ4n) is 2.70. The van der Waals surface area contributed by atoms with E-state index in [2.05, 4.69) is 5.32 Å². The number of carbonyl (C=O) groups excluding carboxylic acids is 2. The maximum atomic E-state index is 13.0. The molecule has 1 heterocycles. The number of nitrogens with zero attached hydrogens (tertiary/aromatic N) is 2. The van der Waals surface area contributed by atoms with Crippen molar-refractivity contribution in [2.24, 2.45) is 0 Å². The molecule has 0 radical (unpaired) electrons. The van der Waals surface area contributed by atoms with E-state index in [4.69, 9.17) is 4.74 Å². The topological polar surface area (TPSA) is 96.0 Å². The van der Waals surface area contributed by atoms with Crippen LogP contribution in [0.4, 0.5) is 5.69 Å². The number of fused-ring (bicyclic) bond motifs is 1. The van der Waals surface area contributed by atoms with Gasteiger partial charge in [-0.1, -0.05) is 13.3 Å². The van der Waals surface area contributed by atoms with Crippen molar-refractivity contribution in [3.8, 4) is 5.75 Å². The molecule has 1 aromatic carbocycles. The quantitative estimate of drug-likeness (QED) is 0.754. The highest BCUT2D eigenvalue weighted by molar-refractivity contribution is 7.89. The van der Waals surface area contributed by atoms with Crippen LogP contribution < -0.4 is 10.1 Å². The smallest absolute Gasteiger partial charge is 0.265 e. The third-order valence-corrected chi connectivity index (χ3v) is 6.47. The molecule has 1 aromatic rings. The summed E-state index contributed by atoms with van der Waals surface area (Å²) in [6, 6.07) is 2.97. The number of anilines is 1. The molecule has 0 aliphatic carbocycles. The Hall–Kier alpha value is -2.13. The SMILES string of the molecule is CCCCN(C)C(=O)CN(C)S(=O)(=O)c1cc2c(cc1C)NC(=O)[C@H](C)O2. The lowest BCUT2D eigenvalue weighted by Crippen LogP contribution is -2.40. The molecule has 27 heavy (non-hydrogen) atoms. The van der Waals surface area contributed by atoms with Crippen LogP contribution in [0.5, 0.6) is 5.75 Å². The molecular weight excluding hydrogens is 370 g/mol. The minimum atomic E-state index is -3.89. The van der Waals surface area contributed by atoms with Gasteiger partial charge in [0.25, 0.3) is 5.91 Å². The van der Waals surface area contributed by atoms with Crippen molar-refractivity contribution in [3.63, 3.8) is 0 Å². The summed E-state index contributed by atoms with van der Waals surface area (Å²) in [5.41, 5.74) is 0.901. The minimum absolute atomic E-state index is 0.0520. The summed E-state index contributed by atoms with van der Waals surface area (Å²) in [4.78, 5) is 25.6. The monoisotopic (exact) mass is 397 g/mol. The normalized spacial score (nSPS) is 16.5. The van der Waals surface area contributed by atoms with E-state index in [0.29, 0.717) is 23.5 Å². The second-order valence-electron chi connectivity index (χ2n) is 6.79. The van der Waals surface area contributed by atoms with E-state index in [1.807, 2.05) is 6.92 Å². The Kier molecular flexibility index (Phi) is 6.48. The lowest BCUT2D eigenvalue weighted by atomic mass is 10.1. The van der Waals surface area contributed by atoms with Crippen LogP contribution in [-0.2, 0) is 19.6 Å². The highest BCUT2D eigenvalue weighted by Crippen LogP contribution is 2.35. The van der Waals surface area contributed by atoms with E-state index >= 15 is 0 Å². The molecule has 0 unspecified atom stereocenters. The fraction of sp³-hybridized carbons (Fsp3) is 0.556. The van der Waals surface area contributed by atoms with E-state index in [-0.39, 0.29) is 23.3 Å². The van der Waals surface area contributed by atoms with Crippen LogP contribution in [0.3, 0.4) is 0 Å². The first kappa shape index (κ1) is 21.2. The summed E-state index contributed by atoms with van der Waals surface area (Å²) in [7, 11) is -0.843. The standard InChI is InChI=1S/C18H27N3O5S/c1-6-7-8-20(4)17(22)11-21(5)27(24,25)16-10-15-14(9-12(16)2)19-18(23)13(3)26-15/h9-10,13H,6-8,11H2,1-5H3,(H,19,23)/t13-/m0/s1. The summed E-state index contributed by atoms with van der Waals surface area (Å²) in [5, 5.41) is 2.69. The van der Waals surface area contributed by atoms with Gasteiger partial charge >= 0.3 is 0 Å². The molecule has 0 aromatic heterocycles. The molecule has 1 aliphatic rings. The number of sulfonamides is 1. The zero-order chi connectivity index (χ0) is 20.4. The number of hydrogen-bond donors (Lipinski definition) is 1. The van der Waals surface area contributed by atoms with Gasteiger partial charge in [-0.25, -0.2) is 8.42 Å². The molecule has 2 amide bonds. The fourth-order valence-corrected chi connectivity index (χ4v) is 4.04. The van der Waals surface area contributed by atoms with Crippen molar-refractivity contribution in [1.82, 2.24) is 9.21 Å². The molecule has 1 aliphatic heterocycles. The molecule has 0 bridgehead atoms. The first-order chi connectivity index (χ1) is 12.6. The van der Waals surface area contributed by atoms with E-state index in [1.54, 1.807) is 27.0 Å². The average Bonchev–Trinajstić information content (AvgIpc) is 2.60. The first-order valence-electron chi connectivity index (χ1n) is 8.90. The lowest BCUT2D eigenvalue weighted by molar-refractivity contribution is -0.130. The Morgan fingerprint density at radius 2 is 1.96 bits per heavy atom. The highest BCUT2D eigenvalue weighted by atomic mass is 32.2. The van der Waals surface area contributed by atoms with Crippen LogP contribution in [0.2, 0.25) is 0 Å². The Morgan fingerprint density at radius 1 is 1.30 bits per heavy atom. The zero-order valence-electron chi connectivity index (χ0n) is 16.4. The van der Waals surface area contributed by atoms with Crippen molar-refractivity contribution in [2.75, 3.05) is 32.5 Å². The van der Waals surface area contributed by atoms with Crippen LogP contribution in [-0.4, -0.2) is 62.7 Å². The third kappa shape index (κ3) is 4.59. The third-order valence-electron chi connectivity index (χ3n) is 4.53. The number of aryl methyl sites for hydroxylation is 1. The number of carbonyl (C=O) groups is 2. The van der Waals surface area contributed by atoms with Crippen molar-refractivity contribution < 1.29 is 22.7 Å². The van der Waals surface area contributed by atoms with Crippen molar-refractivity contribution in [2.45, 2.75) is 44.6 Å². The maximum Gasteiger partial charge on any atom is 0.265 e. The predicted molar refractivity (Wildman–Crippen MR) is 102 cm³/mol. The zero-order valence-corrected chi connectivity index (χ0v) is 17.2. The van der Waals surface area contributed by atoms with E-state index in [9.17, 15) is 18.0 Å². The summed E-state index contributed by atoms with van der Waals surface area (Å²) in [6.07, 6.45) is 1.11. The van der Waals surface area contributed by atoms with Crippen LogP contribution in [0.1, 0.15) is 32.3 Å². The van der Waals surface area contributed by atoms with Gasteiger partial charge in [0.05, 0.1) is 17.1 Å². The molecule has 2 rings (SSSR count). The number of amides is 2. The van der Waals surface area contributed by atoms with Gasteiger partial charge in [-0.15, -0.1) is 0 Å². The van der Waals surface area contributed by atoms with Gasteiger partial charge < -0.3 is 15.0 Å². The van der Waals surface area contributed by atoms with Gasteiger partial charge in [-0.3, -0.25) is 9.59 Å². The molecule has 0 fully saturated rings. The van der Waals surface area contributed by atoms with Gasteiger partial charge in [0.15, 0.2) is 6.10 Å². The lowest BCUT2D eigenvalue weighted by Gasteiger charge is -2.26. The summed E-state index contributed by atoms with van der Waals surface area (Å²) < 4.78 is 32.5. The number of hydrogen-bond acceptors (Lipinski definition) is 5. The number of benzene rings is 1. The number of unbranched alkanes of at least 4 members (excludes halogenated alkanes) is 1. The number of ether oxygens (including phenoxy) is 1. The number of nitrogens with one attached hydrogen (secondary N) is 1. The molecule has 0 spiro atoms. The predicted octanol–water partition coefficient (Wildman–Crippen LogP) is 1.59. The molecule has 1 N–H and O–H groups in total. The molecule has 9 heteroatoms. The van der Waals surface area contributed by atoms with E-state index in [1.165, 1.54) is 18.0 Å². The molecule has 0 saturated carbocycles. The van der Waals surface area contributed by atoms with Gasteiger partial charge in [0.1, 0.15) is 5.75 Å². The maximum absolute atomic E-state index is 13.0. The highest BCUT2D eigenvalue weighted by Gasteiger charge is 2.30. The summed E-state index contributed by atoms with van der Waals surface area (Å²) in [5.74, 6) is -0.247. The minimum Gasteiger partial charge on any atom is -0.479 e. The Morgan fingerprint density at radius 3 is 2.59 bits per heavy atom. The molecule has 150 valence electrons. The molecule has 0 saturated heterocycles. The van der Waals surface area contributed by atoms with Gasteiger partial charge in [-0.05, 0) is 31.9 Å². The van der Waals surface area contributed by atoms with Crippen molar-refractivity contribution >= 4 is 27.5 Å². The van der Waals surface area contributed by atoms with E-state index < -0.39 is 16.1 Å². The second kappa shape index (κ2) is 8.26. The van der Waals surface area contributed by atoms with Crippen LogP contribution in [0, 0.1) is 6.92 Å². The molecule has 8 nitrogen and oxygen atoms in total. The van der Waals surface area contributed by atoms with Crippen LogP contribution in [0.15, 0.2) is 17.0 Å². The first-order valence-corrected chi connectivity index (χ1v) is 10.3. The van der Waals surface area contributed by atoms with Gasteiger partial charge in [0, 0.05) is 26.7 Å². The molecular formula is C18H27N3O5S. The second-order valence-corrected chi connectivity index (χ2v) is 8.81. The van der Waals surface area contributed by atoms with Crippen molar-refractivity contribution in [1.29, 1.82) is 0 Å². The largest absolute Gasteiger partial charge is 0.479 e. The van der Waals surface area contributed by atoms with Gasteiger partial charge in [0.2, 0.25) is 15.9 Å². The number of likely N-dealkylation sites (N-methyl/N-ethyl adjacent to an activating group) is 2. The number of rotatable bonds is 7. The van der Waals surface area contributed by atoms with Crippen molar-refractivity contribution in [3.05, 3.63) is 17.7 Å². The van der Waals surface area contributed by atoms with E-state index in [0.717, 1.165) is 17.1 Å². The Bertz CT molecular complexity index is 838. The van der Waals surface area contributed by atoms with Crippen LogP contribution in [0.25, 0.3) is 0 Å². The summed E-state index contributed by atoms with van der Waals surface area (Å²) >= 11 is 0. The molecule has 1 atom stereocenters. The summed E-state index contributed by atoms with van der Waals surface area (Å²) in [6.45, 7) is 5.60.